The Hall–Kier alpha value is -1.79. The number of hydrogen-bond donors (Lipinski definition) is 2. The first-order chi connectivity index (χ1) is 7.71. The summed E-state index contributed by atoms with van der Waals surface area (Å²) in [5, 5.41) is 11.4. The van der Waals surface area contributed by atoms with Gasteiger partial charge in [-0.1, -0.05) is 0 Å². The Kier molecular flexibility index (Phi) is 3.59. The minimum Gasteiger partial charge on any atom is -0.476 e. The Morgan fingerprint density at radius 3 is 2.41 bits per heavy atom. The van der Waals surface area contributed by atoms with Crippen LogP contribution in [-0.2, 0) is 6.18 Å². The lowest BCUT2D eigenvalue weighted by atomic mass is 10.2. The summed E-state index contributed by atoms with van der Waals surface area (Å²) >= 11 is 0. The van der Waals surface area contributed by atoms with Gasteiger partial charge in [-0.15, -0.1) is 0 Å². The van der Waals surface area contributed by atoms with Crippen molar-refractivity contribution in [1.29, 1.82) is 0 Å². The normalized spacial score (nSPS) is 11.6. The van der Waals surface area contributed by atoms with Crippen LogP contribution in [0.25, 0.3) is 0 Å². The second-order valence-corrected chi connectivity index (χ2v) is 3.69. The van der Waals surface area contributed by atoms with Gasteiger partial charge in [-0.25, -0.2) is 9.78 Å². The van der Waals surface area contributed by atoms with Crippen molar-refractivity contribution in [3.05, 3.63) is 23.4 Å². The largest absolute Gasteiger partial charge is 0.476 e. The molecular formula is C10H11F3N2O2. The third-order valence-corrected chi connectivity index (χ3v) is 1.84. The zero-order valence-electron chi connectivity index (χ0n) is 9.17. The lowest BCUT2D eigenvalue weighted by Gasteiger charge is -2.13. The molecule has 1 aromatic rings. The number of aromatic nitrogens is 1. The van der Waals surface area contributed by atoms with Crippen LogP contribution in [0, 0.1) is 0 Å². The summed E-state index contributed by atoms with van der Waals surface area (Å²) in [5.74, 6) is -1.60. The van der Waals surface area contributed by atoms with Crippen LogP contribution in [0.2, 0.25) is 0 Å². The Labute approximate surface area is 95.5 Å². The number of carboxylic acid groups (broad SMARTS) is 1. The van der Waals surface area contributed by atoms with Gasteiger partial charge in [-0.05, 0) is 26.0 Å². The molecule has 0 aliphatic heterocycles. The molecule has 0 bridgehead atoms. The minimum absolute atomic E-state index is 0.0547. The maximum absolute atomic E-state index is 12.5. The average Bonchev–Trinajstić information content (AvgIpc) is 2.14. The number of carbonyl (C=O) groups is 1. The van der Waals surface area contributed by atoms with Gasteiger partial charge in [0.05, 0.1) is 5.56 Å². The molecule has 0 spiro atoms. The quantitative estimate of drug-likeness (QED) is 0.863. The highest BCUT2D eigenvalue weighted by molar-refractivity contribution is 5.87. The second-order valence-electron chi connectivity index (χ2n) is 3.69. The molecule has 0 aliphatic carbocycles. The van der Waals surface area contributed by atoms with Gasteiger partial charge in [0, 0.05) is 6.04 Å². The van der Waals surface area contributed by atoms with Gasteiger partial charge in [0.15, 0.2) is 5.69 Å². The van der Waals surface area contributed by atoms with Gasteiger partial charge in [0.1, 0.15) is 5.82 Å². The maximum atomic E-state index is 12.5. The summed E-state index contributed by atoms with van der Waals surface area (Å²) in [7, 11) is 0. The molecule has 4 nitrogen and oxygen atoms in total. The Morgan fingerprint density at radius 2 is 2.00 bits per heavy atom. The molecule has 0 radical (unpaired) electrons. The van der Waals surface area contributed by atoms with Gasteiger partial charge in [-0.2, -0.15) is 13.2 Å². The molecule has 1 rings (SSSR count). The van der Waals surface area contributed by atoms with Gasteiger partial charge in [-0.3, -0.25) is 0 Å². The van der Waals surface area contributed by atoms with E-state index in [1.807, 2.05) is 0 Å². The second kappa shape index (κ2) is 4.60. The molecule has 17 heavy (non-hydrogen) atoms. The number of nitrogens with one attached hydrogen (secondary N) is 1. The highest BCUT2D eigenvalue weighted by atomic mass is 19.4. The molecule has 7 heteroatoms. The molecule has 0 fully saturated rings. The van der Waals surface area contributed by atoms with E-state index in [2.05, 4.69) is 10.3 Å². The van der Waals surface area contributed by atoms with E-state index < -0.39 is 23.4 Å². The molecule has 0 amide bonds. The lowest BCUT2D eigenvalue weighted by molar-refractivity contribution is -0.138. The standard InChI is InChI=1S/C10H11F3N2O2/c1-5(2)14-7-4-3-6(10(11,12)13)8(15-7)9(16)17/h3-5H,1-2H3,(H,14,15)(H,16,17). The van der Waals surface area contributed by atoms with Crippen LogP contribution in [-0.4, -0.2) is 22.1 Å². The molecule has 0 aliphatic rings. The molecule has 0 unspecified atom stereocenters. The van der Waals surface area contributed by atoms with Crippen molar-refractivity contribution in [2.75, 3.05) is 5.32 Å². The fourth-order valence-corrected chi connectivity index (χ4v) is 1.23. The van der Waals surface area contributed by atoms with Crippen molar-refractivity contribution >= 4 is 11.8 Å². The monoisotopic (exact) mass is 248 g/mol. The fourth-order valence-electron chi connectivity index (χ4n) is 1.23. The SMILES string of the molecule is CC(C)Nc1ccc(C(F)(F)F)c(C(=O)O)n1. The molecule has 1 aromatic heterocycles. The number of halogens is 3. The zero-order valence-corrected chi connectivity index (χ0v) is 9.17. The van der Waals surface area contributed by atoms with Gasteiger partial charge in [0.2, 0.25) is 0 Å². The van der Waals surface area contributed by atoms with E-state index in [9.17, 15) is 18.0 Å². The Bertz CT molecular complexity index is 430. The van der Waals surface area contributed by atoms with E-state index in [0.717, 1.165) is 6.07 Å². The molecule has 0 aromatic carbocycles. The minimum atomic E-state index is -4.73. The van der Waals surface area contributed by atoms with Crippen molar-refractivity contribution in [1.82, 2.24) is 4.98 Å². The fraction of sp³-hybridized carbons (Fsp3) is 0.400. The van der Waals surface area contributed by atoms with Crippen LogP contribution < -0.4 is 5.32 Å². The highest BCUT2D eigenvalue weighted by Crippen LogP contribution is 2.32. The van der Waals surface area contributed by atoms with Gasteiger partial charge >= 0.3 is 12.1 Å². The number of pyridine rings is 1. The van der Waals surface area contributed by atoms with Crippen LogP contribution in [0.1, 0.15) is 29.9 Å². The van der Waals surface area contributed by atoms with Crippen LogP contribution in [0.4, 0.5) is 19.0 Å². The number of hydrogen-bond acceptors (Lipinski definition) is 3. The molecule has 0 saturated carbocycles. The number of rotatable bonds is 3. The predicted octanol–water partition coefficient (Wildman–Crippen LogP) is 2.62. The van der Waals surface area contributed by atoms with E-state index in [-0.39, 0.29) is 11.9 Å². The first-order valence-electron chi connectivity index (χ1n) is 4.80. The summed E-state index contributed by atoms with van der Waals surface area (Å²) in [6.45, 7) is 3.53. The summed E-state index contributed by atoms with van der Waals surface area (Å²) < 4.78 is 37.4. The number of aromatic carboxylic acids is 1. The van der Waals surface area contributed by atoms with E-state index >= 15 is 0 Å². The summed E-state index contributed by atoms with van der Waals surface area (Å²) in [4.78, 5) is 14.2. The van der Waals surface area contributed by atoms with Crippen molar-refractivity contribution < 1.29 is 23.1 Å². The lowest BCUT2D eigenvalue weighted by Crippen LogP contribution is -2.18. The summed E-state index contributed by atoms with van der Waals surface area (Å²) in [5.41, 5.74) is -2.25. The van der Waals surface area contributed by atoms with Crippen molar-refractivity contribution in [3.8, 4) is 0 Å². The summed E-state index contributed by atoms with van der Waals surface area (Å²) in [6, 6.07) is 1.76. The topological polar surface area (TPSA) is 62.2 Å². The van der Waals surface area contributed by atoms with E-state index in [1.165, 1.54) is 0 Å². The molecule has 94 valence electrons. The van der Waals surface area contributed by atoms with Crippen molar-refractivity contribution in [2.45, 2.75) is 26.1 Å². The maximum Gasteiger partial charge on any atom is 0.418 e. The van der Waals surface area contributed by atoms with E-state index in [0.29, 0.717) is 6.07 Å². The number of nitrogens with zero attached hydrogens (tertiary/aromatic N) is 1. The van der Waals surface area contributed by atoms with Gasteiger partial charge in [0.25, 0.3) is 0 Å². The van der Waals surface area contributed by atoms with Crippen molar-refractivity contribution in [2.24, 2.45) is 0 Å². The first-order valence-corrected chi connectivity index (χ1v) is 4.80. The highest BCUT2D eigenvalue weighted by Gasteiger charge is 2.36. The van der Waals surface area contributed by atoms with Crippen LogP contribution in [0.3, 0.4) is 0 Å². The molecule has 2 N–H and O–H groups in total. The first kappa shape index (κ1) is 13.3. The van der Waals surface area contributed by atoms with Crippen molar-refractivity contribution in [3.63, 3.8) is 0 Å². The smallest absolute Gasteiger partial charge is 0.418 e. The Morgan fingerprint density at radius 1 is 1.41 bits per heavy atom. The third-order valence-electron chi connectivity index (χ3n) is 1.84. The average molecular weight is 248 g/mol. The summed E-state index contributed by atoms with van der Waals surface area (Å²) in [6.07, 6.45) is -4.73. The number of anilines is 1. The number of alkyl halides is 3. The van der Waals surface area contributed by atoms with Crippen LogP contribution in [0.15, 0.2) is 12.1 Å². The number of carboxylic acids is 1. The predicted molar refractivity (Wildman–Crippen MR) is 55.0 cm³/mol. The van der Waals surface area contributed by atoms with Crippen LogP contribution >= 0.6 is 0 Å². The van der Waals surface area contributed by atoms with Gasteiger partial charge < -0.3 is 10.4 Å². The molecule has 1 heterocycles. The van der Waals surface area contributed by atoms with E-state index in [4.69, 9.17) is 5.11 Å². The zero-order chi connectivity index (χ0) is 13.2. The molecule has 0 saturated heterocycles. The molecular weight excluding hydrogens is 237 g/mol. The van der Waals surface area contributed by atoms with E-state index in [1.54, 1.807) is 13.8 Å². The third kappa shape index (κ3) is 3.33. The van der Waals surface area contributed by atoms with Crippen LogP contribution in [0.5, 0.6) is 0 Å². The Balaban J connectivity index is 3.23. The molecule has 0 atom stereocenters.